The summed E-state index contributed by atoms with van der Waals surface area (Å²) >= 11 is 0. The molecule has 32 heavy (non-hydrogen) atoms. The number of aromatic amines is 1. The van der Waals surface area contributed by atoms with E-state index in [1.54, 1.807) is 0 Å². The molecule has 3 heterocycles. The van der Waals surface area contributed by atoms with Crippen LogP contribution >= 0.6 is 0 Å². The van der Waals surface area contributed by atoms with E-state index in [-0.39, 0.29) is 18.4 Å². The van der Waals surface area contributed by atoms with Gasteiger partial charge in [0.2, 0.25) is 0 Å². The Hall–Kier alpha value is -2.94. The second-order valence-corrected chi connectivity index (χ2v) is 7.93. The van der Waals surface area contributed by atoms with Gasteiger partial charge >= 0.3 is 6.18 Å². The molecule has 6 nitrogen and oxygen atoms in total. The minimum atomic E-state index is -4.38. The Morgan fingerprint density at radius 3 is 2.75 bits per heavy atom. The van der Waals surface area contributed by atoms with Crippen LogP contribution in [0.25, 0.3) is 0 Å². The summed E-state index contributed by atoms with van der Waals surface area (Å²) in [6, 6.07) is 7.17. The van der Waals surface area contributed by atoms with Crippen molar-refractivity contribution in [2.45, 2.75) is 51.4 Å². The lowest BCUT2D eigenvalue weighted by Crippen LogP contribution is -2.23. The number of hydrogen-bond acceptors (Lipinski definition) is 5. The Morgan fingerprint density at radius 1 is 1.19 bits per heavy atom. The van der Waals surface area contributed by atoms with Gasteiger partial charge in [-0.3, -0.25) is 10.00 Å². The highest BCUT2D eigenvalue weighted by Gasteiger charge is 2.31. The van der Waals surface area contributed by atoms with Gasteiger partial charge in [-0.25, -0.2) is 9.97 Å². The standard InChI is InChI=1S/C23H26F3N5O/c1-2-22-27-13-16(14-28-22)15-31-9-4-7-21(31)20-12-18(29-30-20)8-10-32-19-6-3-5-17(11-19)23(24,25)26/h3,5-6,11-14,21H,2,4,7-10,15H2,1H3,(H,29,30). The molecule has 1 aliphatic heterocycles. The fraction of sp³-hybridized carbons (Fsp3) is 0.435. The summed E-state index contributed by atoms with van der Waals surface area (Å²) in [6.45, 7) is 4.06. The Labute approximate surface area is 184 Å². The number of aromatic nitrogens is 4. The second kappa shape index (κ2) is 9.68. The molecule has 9 heteroatoms. The van der Waals surface area contributed by atoms with Crippen molar-refractivity contribution in [3.63, 3.8) is 0 Å². The first kappa shape index (κ1) is 22.3. The zero-order valence-corrected chi connectivity index (χ0v) is 17.9. The van der Waals surface area contributed by atoms with Crippen molar-refractivity contribution in [1.82, 2.24) is 25.1 Å². The van der Waals surface area contributed by atoms with Crippen molar-refractivity contribution in [2.24, 2.45) is 0 Å². The van der Waals surface area contributed by atoms with Gasteiger partial charge < -0.3 is 4.74 Å². The number of hydrogen-bond donors (Lipinski definition) is 1. The molecular weight excluding hydrogens is 419 g/mol. The minimum absolute atomic E-state index is 0.206. The fourth-order valence-electron chi connectivity index (χ4n) is 3.95. The van der Waals surface area contributed by atoms with Gasteiger partial charge in [-0.15, -0.1) is 0 Å². The minimum Gasteiger partial charge on any atom is -0.493 e. The number of likely N-dealkylation sites (tertiary alicyclic amines) is 1. The molecule has 1 unspecified atom stereocenters. The van der Waals surface area contributed by atoms with Gasteiger partial charge in [0.15, 0.2) is 0 Å². The van der Waals surface area contributed by atoms with Crippen LogP contribution in [-0.2, 0) is 25.6 Å². The van der Waals surface area contributed by atoms with Crippen molar-refractivity contribution < 1.29 is 17.9 Å². The number of rotatable bonds is 8. The summed E-state index contributed by atoms with van der Waals surface area (Å²) in [5.74, 6) is 1.05. The third kappa shape index (κ3) is 5.45. The van der Waals surface area contributed by atoms with Crippen LogP contribution in [0.4, 0.5) is 13.2 Å². The molecule has 1 atom stereocenters. The van der Waals surface area contributed by atoms with E-state index < -0.39 is 11.7 Å². The lowest BCUT2D eigenvalue weighted by atomic mass is 10.1. The molecule has 3 aromatic rings. The summed E-state index contributed by atoms with van der Waals surface area (Å²) in [5.41, 5.74) is 2.24. The highest BCUT2D eigenvalue weighted by Crippen LogP contribution is 2.33. The summed E-state index contributed by atoms with van der Waals surface area (Å²) in [4.78, 5) is 11.1. The first-order valence-corrected chi connectivity index (χ1v) is 10.8. The van der Waals surface area contributed by atoms with Crippen LogP contribution in [0.5, 0.6) is 5.75 Å². The topological polar surface area (TPSA) is 66.9 Å². The van der Waals surface area contributed by atoms with Gasteiger partial charge in [0.25, 0.3) is 0 Å². The van der Waals surface area contributed by atoms with Crippen molar-refractivity contribution in [2.75, 3.05) is 13.2 Å². The van der Waals surface area contributed by atoms with E-state index in [0.717, 1.165) is 67.3 Å². The largest absolute Gasteiger partial charge is 0.493 e. The lowest BCUT2D eigenvalue weighted by Gasteiger charge is -2.22. The maximum absolute atomic E-state index is 12.8. The molecule has 0 aliphatic carbocycles. The quantitative estimate of drug-likeness (QED) is 0.543. The molecule has 0 saturated carbocycles. The number of alkyl halides is 3. The monoisotopic (exact) mass is 445 g/mol. The normalized spacial score (nSPS) is 17.1. The summed E-state index contributed by atoms with van der Waals surface area (Å²) in [7, 11) is 0. The molecule has 1 saturated heterocycles. The molecule has 0 amide bonds. The van der Waals surface area contributed by atoms with E-state index in [1.807, 2.05) is 25.4 Å². The van der Waals surface area contributed by atoms with Crippen LogP contribution in [0.3, 0.4) is 0 Å². The molecule has 2 aromatic heterocycles. The number of aryl methyl sites for hydroxylation is 1. The van der Waals surface area contributed by atoms with Crippen LogP contribution < -0.4 is 4.74 Å². The number of halogens is 3. The molecule has 1 aromatic carbocycles. The Balaban J connectivity index is 1.32. The smallest absolute Gasteiger partial charge is 0.416 e. The van der Waals surface area contributed by atoms with Crippen LogP contribution in [0, 0.1) is 0 Å². The van der Waals surface area contributed by atoms with E-state index in [2.05, 4.69) is 25.1 Å². The highest BCUT2D eigenvalue weighted by atomic mass is 19.4. The number of benzene rings is 1. The van der Waals surface area contributed by atoms with Crippen LogP contribution in [0.1, 0.15) is 54.1 Å². The van der Waals surface area contributed by atoms with Crippen molar-refractivity contribution in [3.8, 4) is 5.75 Å². The van der Waals surface area contributed by atoms with Gasteiger partial charge in [-0.05, 0) is 43.7 Å². The average molecular weight is 445 g/mol. The van der Waals surface area contributed by atoms with Gasteiger partial charge in [0.1, 0.15) is 11.6 Å². The number of H-pyrrole nitrogens is 1. The Kier molecular flexibility index (Phi) is 6.74. The molecule has 0 radical (unpaired) electrons. The van der Waals surface area contributed by atoms with Crippen molar-refractivity contribution in [1.29, 1.82) is 0 Å². The highest BCUT2D eigenvalue weighted by molar-refractivity contribution is 5.30. The van der Waals surface area contributed by atoms with Crippen LogP contribution in [0.2, 0.25) is 0 Å². The summed E-state index contributed by atoms with van der Waals surface area (Å²) in [5, 5.41) is 7.53. The van der Waals surface area contributed by atoms with E-state index in [4.69, 9.17) is 4.74 Å². The molecule has 170 valence electrons. The lowest BCUT2D eigenvalue weighted by molar-refractivity contribution is -0.137. The van der Waals surface area contributed by atoms with Gasteiger partial charge in [-0.2, -0.15) is 18.3 Å². The molecule has 1 fully saturated rings. The predicted molar refractivity (Wildman–Crippen MR) is 113 cm³/mol. The molecule has 1 aliphatic rings. The Morgan fingerprint density at radius 2 is 2.00 bits per heavy atom. The zero-order valence-electron chi connectivity index (χ0n) is 17.9. The van der Waals surface area contributed by atoms with E-state index in [1.165, 1.54) is 12.1 Å². The molecule has 1 N–H and O–H groups in total. The van der Waals surface area contributed by atoms with Crippen molar-refractivity contribution >= 4 is 0 Å². The predicted octanol–water partition coefficient (Wildman–Crippen LogP) is 4.74. The summed E-state index contributed by atoms with van der Waals surface area (Å²) < 4.78 is 44.0. The van der Waals surface area contributed by atoms with Crippen LogP contribution in [0.15, 0.2) is 42.7 Å². The first-order valence-electron chi connectivity index (χ1n) is 10.8. The van der Waals surface area contributed by atoms with E-state index in [0.29, 0.717) is 6.42 Å². The number of nitrogens with zero attached hydrogens (tertiary/aromatic N) is 4. The number of ether oxygens (including phenoxy) is 1. The molecular formula is C23H26F3N5O. The second-order valence-electron chi connectivity index (χ2n) is 7.93. The van der Waals surface area contributed by atoms with E-state index >= 15 is 0 Å². The number of nitrogens with one attached hydrogen (secondary N) is 1. The zero-order chi connectivity index (χ0) is 22.6. The maximum Gasteiger partial charge on any atom is 0.416 e. The first-order chi connectivity index (χ1) is 15.4. The van der Waals surface area contributed by atoms with Crippen LogP contribution in [-0.4, -0.2) is 38.2 Å². The molecule has 0 spiro atoms. The van der Waals surface area contributed by atoms with E-state index in [9.17, 15) is 13.2 Å². The van der Waals surface area contributed by atoms with Crippen molar-refractivity contribution in [3.05, 3.63) is 71.1 Å². The molecule has 4 rings (SSSR count). The third-order valence-electron chi connectivity index (χ3n) is 5.62. The summed E-state index contributed by atoms with van der Waals surface area (Å²) in [6.07, 6.45) is 2.88. The fourth-order valence-corrected chi connectivity index (χ4v) is 3.95. The van der Waals surface area contributed by atoms with Gasteiger partial charge in [0, 0.05) is 43.0 Å². The third-order valence-corrected chi connectivity index (χ3v) is 5.62. The van der Waals surface area contributed by atoms with Gasteiger partial charge in [-0.1, -0.05) is 13.0 Å². The molecule has 0 bridgehead atoms. The maximum atomic E-state index is 12.8. The Bertz CT molecular complexity index is 1020. The SMILES string of the molecule is CCc1ncc(CN2CCCC2c2cc(CCOc3cccc(C(F)(F)F)c3)[nH]n2)cn1. The van der Waals surface area contributed by atoms with Gasteiger partial charge in [0.05, 0.1) is 23.9 Å². The average Bonchev–Trinajstić information content (AvgIpc) is 3.43.